The summed E-state index contributed by atoms with van der Waals surface area (Å²) in [6.45, 7) is 0. The van der Waals surface area contributed by atoms with Gasteiger partial charge in [-0.2, -0.15) is 11.8 Å². The van der Waals surface area contributed by atoms with Gasteiger partial charge < -0.3 is 14.8 Å². The van der Waals surface area contributed by atoms with E-state index in [0.717, 1.165) is 12.8 Å². The molecule has 164 valence electrons. The fourth-order valence-electron chi connectivity index (χ4n) is 4.28. The number of halogens is 1. The molecule has 0 aromatic heterocycles. The van der Waals surface area contributed by atoms with E-state index in [-0.39, 0.29) is 23.7 Å². The summed E-state index contributed by atoms with van der Waals surface area (Å²) in [7, 11) is 2.96. The Morgan fingerprint density at radius 1 is 1.17 bits per heavy atom. The quantitative estimate of drug-likeness (QED) is 0.604. The number of likely N-dealkylation sites (tertiary alicyclic amines) is 1. The van der Waals surface area contributed by atoms with Gasteiger partial charge in [-0.1, -0.05) is 24.4 Å². The maximum atomic E-state index is 13.2. The maximum Gasteiger partial charge on any atom is 0.247 e. The van der Waals surface area contributed by atoms with E-state index in [4.69, 9.17) is 21.1 Å². The van der Waals surface area contributed by atoms with Crippen LogP contribution in [0.2, 0.25) is 5.02 Å². The van der Waals surface area contributed by atoms with Crippen molar-refractivity contribution in [1.29, 1.82) is 0 Å². The van der Waals surface area contributed by atoms with Crippen LogP contribution in [0, 0.1) is 11.8 Å². The van der Waals surface area contributed by atoms with Crippen LogP contribution < -0.4 is 14.8 Å². The third-order valence-electron chi connectivity index (χ3n) is 5.82. The Bertz CT molecular complexity index is 810. The zero-order valence-corrected chi connectivity index (χ0v) is 19.0. The van der Waals surface area contributed by atoms with Crippen molar-refractivity contribution in [1.82, 2.24) is 4.90 Å². The lowest BCUT2D eigenvalue weighted by atomic mass is 9.81. The van der Waals surface area contributed by atoms with Gasteiger partial charge in [-0.05, 0) is 37.3 Å². The van der Waals surface area contributed by atoms with Gasteiger partial charge >= 0.3 is 0 Å². The lowest BCUT2D eigenvalue weighted by Crippen LogP contribution is -2.48. The van der Waals surface area contributed by atoms with Gasteiger partial charge in [0.05, 0.1) is 36.8 Å². The smallest absolute Gasteiger partial charge is 0.247 e. The summed E-state index contributed by atoms with van der Waals surface area (Å²) >= 11 is 7.77. The monoisotopic (exact) mass is 454 g/mol. The van der Waals surface area contributed by atoms with Crippen molar-refractivity contribution in [3.8, 4) is 11.5 Å². The summed E-state index contributed by atoms with van der Waals surface area (Å²) in [4.78, 5) is 40.5. The van der Waals surface area contributed by atoms with E-state index in [0.29, 0.717) is 47.2 Å². The first-order valence-electron chi connectivity index (χ1n) is 10.0. The molecule has 3 rings (SSSR count). The Hall–Kier alpha value is -1.93. The first-order chi connectivity index (χ1) is 14.4. The molecule has 1 N–H and O–H groups in total. The van der Waals surface area contributed by atoms with Gasteiger partial charge in [0.25, 0.3) is 0 Å². The molecule has 2 aliphatic rings. The van der Waals surface area contributed by atoms with Gasteiger partial charge in [0.2, 0.25) is 17.7 Å². The first-order valence-corrected chi connectivity index (χ1v) is 11.8. The van der Waals surface area contributed by atoms with Crippen LogP contribution in [0.15, 0.2) is 12.1 Å². The second-order valence-electron chi connectivity index (χ2n) is 7.52. The van der Waals surface area contributed by atoms with Crippen LogP contribution in [-0.2, 0) is 14.4 Å². The molecule has 1 aliphatic heterocycles. The first kappa shape index (κ1) is 22.7. The molecule has 0 bridgehead atoms. The van der Waals surface area contributed by atoms with E-state index in [1.807, 2.05) is 6.26 Å². The Morgan fingerprint density at radius 3 is 2.30 bits per heavy atom. The third-order valence-corrected chi connectivity index (χ3v) is 6.76. The number of hydrogen-bond donors (Lipinski definition) is 1. The molecule has 1 heterocycles. The van der Waals surface area contributed by atoms with Gasteiger partial charge in [0, 0.05) is 6.07 Å². The van der Waals surface area contributed by atoms with Crippen LogP contribution in [-0.4, -0.2) is 54.9 Å². The van der Waals surface area contributed by atoms with Crippen LogP contribution in [0.5, 0.6) is 11.5 Å². The van der Waals surface area contributed by atoms with Gasteiger partial charge in [-0.3, -0.25) is 19.3 Å². The standard InChI is InChI=1S/C21H27ClN2O5S/c1-28-17-11-18(29-2)15(10-14(17)22)23-19(25)16(8-9-30-3)24-20(26)12-6-4-5-7-13(12)21(24)27/h10-13,16H,4-9H2,1-3H3,(H,23,25). The minimum atomic E-state index is -0.867. The minimum absolute atomic E-state index is 0.217. The highest BCUT2D eigenvalue weighted by atomic mass is 35.5. The number of nitrogens with zero attached hydrogens (tertiary/aromatic N) is 1. The number of methoxy groups -OCH3 is 2. The van der Waals surface area contributed by atoms with E-state index >= 15 is 0 Å². The number of imide groups is 1. The average molecular weight is 455 g/mol. The zero-order valence-electron chi connectivity index (χ0n) is 17.4. The van der Waals surface area contributed by atoms with Gasteiger partial charge in [0.15, 0.2) is 0 Å². The van der Waals surface area contributed by atoms with Gasteiger partial charge in [-0.25, -0.2) is 0 Å². The second-order valence-corrected chi connectivity index (χ2v) is 8.91. The molecule has 3 amide bonds. The number of rotatable bonds is 8. The summed E-state index contributed by atoms with van der Waals surface area (Å²) in [5, 5.41) is 3.12. The Labute approximate surface area is 185 Å². The predicted molar refractivity (Wildman–Crippen MR) is 117 cm³/mol. The van der Waals surface area contributed by atoms with Crippen LogP contribution in [0.4, 0.5) is 5.69 Å². The minimum Gasteiger partial charge on any atom is -0.495 e. The summed E-state index contributed by atoms with van der Waals surface area (Å²) in [6, 6.07) is 2.25. The van der Waals surface area contributed by atoms with Crippen molar-refractivity contribution in [3.05, 3.63) is 17.2 Å². The molecule has 1 saturated carbocycles. The normalized spacial score (nSPS) is 21.9. The lowest BCUT2D eigenvalue weighted by molar-refractivity contribution is -0.146. The fourth-order valence-corrected chi connectivity index (χ4v) is 4.98. The molecule has 1 aromatic rings. The van der Waals surface area contributed by atoms with E-state index in [1.165, 1.54) is 25.2 Å². The number of thioether (sulfide) groups is 1. The largest absolute Gasteiger partial charge is 0.495 e. The number of benzene rings is 1. The third kappa shape index (κ3) is 4.39. The molecule has 1 aromatic carbocycles. The number of amides is 3. The molecule has 9 heteroatoms. The molecule has 1 saturated heterocycles. The zero-order chi connectivity index (χ0) is 21.8. The van der Waals surface area contributed by atoms with Crippen molar-refractivity contribution in [3.63, 3.8) is 0 Å². The van der Waals surface area contributed by atoms with Crippen molar-refractivity contribution in [2.45, 2.75) is 38.1 Å². The number of fused-ring (bicyclic) bond motifs is 1. The molecule has 3 unspecified atom stereocenters. The van der Waals surface area contributed by atoms with E-state index < -0.39 is 11.9 Å². The highest BCUT2D eigenvalue weighted by molar-refractivity contribution is 7.98. The SMILES string of the molecule is COc1cc(OC)c(NC(=O)C(CCSC)N2C(=O)C3CCCCC3C2=O)cc1Cl. The molecule has 1 aliphatic carbocycles. The predicted octanol–water partition coefficient (Wildman–Crippen LogP) is 3.59. The van der Waals surface area contributed by atoms with E-state index in [9.17, 15) is 14.4 Å². The van der Waals surface area contributed by atoms with E-state index in [2.05, 4.69) is 5.32 Å². The number of hydrogen-bond acceptors (Lipinski definition) is 6. The molecule has 30 heavy (non-hydrogen) atoms. The van der Waals surface area contributed by atoms with Gasteiger partial charge in [-0.15, -0.1) is 0 Å². The number of nitrogens with one attached hydrogen (secondary N) is 1. The number of ether oxygens (including phenoxy) is 2. The highest BCUT2D eigenvalue weighted by Crippen LogP contribution is 2.40. The molecular formula is C21H27ClN2O5S. The molecule has 3 atom stereocenters. The molecule has 2 fully saturated rings. The summed E-state index contributed by atoms with van der Waals surface area (Å²) in [5.74, 6) is -0.00684. The number of carbonyl (C=O) groups excluding carboxylic acids is 3. The van der Waals surface area contributed by atoms with Gasteiger partial charge in [0.1, 0.15) is 17.5 Å². The van der Waals surface area contributed by atoms with E-state index in [1.54, 1.807) is 17.8 Å². The fraction of sp³-hybridized carbons (Fsp3) is 0.571. The molecule has 7 nitrogen and oxygen atoms in total. The van der Waals surface area contributed by atoms with Crippen LogP contribution in [0.25, 0.3) is 0 Å². The van der Waals surface area contributed by atoms with Crippen molar-refractivity contribution in [2.24, 2.45) is 11.8 Å². The summed E-state index contributed by atoms with van der Waals surface area (Å²) in [6.07, 6.45) is 5.62. The number of carbonyl (C=O) groups is 3. The summed E-state index contributed by atoms with van der Waals surface area (Å²) in [5.41, 5.74) is 0.360. The Kier molecular flexibility index (Phi) is 7.52. The van der Waals surface area contributed by atoms with Crippen molar-refractivity contribution >= 4 is 46.8 Å². The molecular weight excluding hydrogens is 428 g/mol. The van der Waals surface area contributed by atoms with Crippen molar-refractivity contribution in [2.75, 3.05) is 31.5 Å². The highest BCUT2D eigenvalue weighted by Gasteiger charge is 2.51. The Morgan fingerprint density at radius 2 is 1.77 bits per heavy atom. The average Bonchev–Trinajstić information content (AvgIpc) is 2.99. The second kappa shape index (κ2) is 9.92. The van der Waals surface area contributed by atoms with Crippen LogP contribution >= 0.6 is 23.4 Å². The summed E-state index contributed by atoms with van der Waals surface area (Å²) < 4.78 is 10.5. The van der Waals surface area contributed by atoms with Crippen LogP contribution in [0.3, 0.4) is 0 Å². The lowest BCUT2D eigenvalue weighted by Gasteiger charge is -2.26. The Balaban J connectivity index is 1.87. The number of anilines is 1. The van der Waals surface area contributed by atoms with Crippen molar-refractivity contribution < 1.29 is 23.9 Å². The van der Waals surface area contributed by atoms with Crippen LogP contribution in [0.1, 0.15) is 32.1 Å². The topological polar surface area (TPSA) is 84.9 Å². The molecule has 0 spiro atoms. The maximum absolute atomic E-state index is 13.2. The molecule has 0 radical (unpaired) electrons.